The third kappa shape index (κ3) is 9.10. The molecule has 1 amide bonds. The molecule has 1 heterocycles. The van der Waals surface area contributed by atoms with Gasteiger partial charge in [0.25, 0.3) is 5.91 Å². The molecule has 2 aromatic carbocycles. The van der Waals surface area contributed by atoms with Crippen molar-refractivity contribution in [1.29, 1.82) is 0 Å². The first kappa shape index (κ1) is 31.2. The Bertz CT molecular complexity index is 1450. The highest BCUT2D eigenvalue weighted by Crippen LogP contribution is 2.50. The molecule has 216 valence electrons. The maximum absolute atomic E-state index is 13.1. The largest absolute Gasteiger partial charge is 0.488 e. The summed E-state index contributed by atoms with van der Waals surface area (Å²) in [6.07, 6.45) is 3.45. The summed E-state index contributed by atoms with van der Waals surface area (Å²) in [5.74, 6) is 0.652. The lowest BCUT2D eigenvalue weighted by Crippen LogP contribution is -2.19. The number of aromatic nitrogens is 2. The average molecular weight is 594 g/mol. The first-order valence-electron chi connectivity index (χ1n) is 12.1. The van der Waals surface area contributed by atoms with Gasteiger partial charge < -0.3 is 28.6 Å². The van der Waals surface area contributed by atoms with Crippen molar-refractivity contribution in [3.05, 3.63) is 66.1 Å². The highest BCUT2D eigenvalue weighted by Gasteiger charge is 2.24. The molecular formula is C26H32N3O9PS. The minimum absolute atomic E-state index is 0.0660. The minimum Gasteiger partial charge on any atom is -0.488 e. The van der Waals surface area contributed by atoms with E-state index in [4.69, 9.17) is 23.3 Å². The molecule has 14 heteroatoms. The van der Waals surface area contributed by atoms with E-state index in [9.17, 15) is 17.8 Å². The summed E-state index contributed by atoms with van der Waals surface area (Å²) in [7, 11) is -3.85. The lowest BCUT2D eigenvalue weighted by atomic mass is 10.2. The molecule has 1 aromatic heterocycles. The molecule has 0 radical (unpaired) electrons. The fraction of sp³-hybridized carbons (Fsp3) is 0.346. The molecule has 2 atom stereocenters. The minimum atomic E-state index is -3.36. The number of methoxy groups -OCH3 is 1. The van der Waals surface area contributed by atoms with Crippen molar-refractivity contribution in [3.8, 4) is 17.2 Å². The van der Waals surface area contributed by atoms with Gasteiger partial charge in [-0.25, -0.2) is 13.4 Å². The quantitative estimate of drug-likeness (QED) is 0.259. The van der Waals surface area contributed by atoms with Crippen LogP contribution in [0, 0.1) is 0 Å². The zero-order chi connectivity index (χ0) is 29.3. The fourth-order valence-corrected chi connectivity index (χ4v) is 5.38. The van der Waals surface area contributed by atoms with Gasteiger partial charge in [-0.3, -0.25) is 14.3 Å². The van der Waals surface area contributed by atoms with Crippen LogP contribution in [0.3, 0.4) is 0 Å². The summed E-state index contributed by atoms with van der Waals surface area (Å²) in [4.78, 5) is 21.7. The molecule has 0 aliphatic carbocycles. The van der Waals surface area contributed by atoms with Crippen LogP contribution >= 0.6 is 7.60 Å². The van der Waals surface area contributed by atoms with E-state index in [-0.39, 0.29) is 40.9 Å². The summed E-state index contributed by atoms with van der Waals surface area (Å²) in [5.41, 5.74) is 0.577. The summed E-state index contributed by atoms with van der Waals surface area (Å²) in [6, 6.07) is 10.6. The molecule has 3 aromatic rings. The van der Waals surface area contributed by atoms with Crippen molar-refractivity contribution in [2.75, 3.05) is 39.0 Å². The second-order valence-electron chi connectivity index (χ2n) is 8.64. The van der Waals surface area contributed by atoms with Crippen molar-refractivity contribution in [2.24, 2.45) is 0 Å². The number of anilines is 1. The predicted molar refractivity (Wildman–Crippen MR) is 148 cm³/mol. The van der Waals surface area contributed by atoms with E-state index in [1.54, 1.807) is 26.2 Å². The molecule has 0 saturated carbocycles. The van der Waals surface area contributed by atoms with Gasteiger partial charge in [-0.1, -0.05) is 0 Å². The molecule has 12 nitrogen and oxygen atoms in total. The van der Waals surface area contributed by atoms with Crippen LogP contribution in [0.25, 0.3) is 0 Å². The van der Waals surface area contributed by atoms with Crippen LogP contribution in [0.4, 0.5) is 5.82 Å². The molecule has 0 aliphatic heterocycles. The zero-order valence-corrected chi connectivity index (χ0v) is 24.5. The summed E-state index contributed by atoms with van der Waals surface area (Å²) in [5, 5.41) is 2.66. The van der Waals surface area contributed by atoms with Crippen LogP contribution in [0.2, 0.25) is 0 Å². The number of carbonyl (C=O) groups excluding carboxylic acids is 1. The Hall–Kier alpha value is -3.35. The van der Waals surface area contributed by atoms with E-state index in [1.165, 1.54) is 49.8 Å². The third-order valence-corrected chi connectivity index (χ3v) is 8.32. The van der Waals surface area contributed by atoms with Gasteiger partial charge >= 0.3 is 7.60 Å². The summed E-state index contributed by atoms with van der Waals surface area (Å²) < 4.78 is 63.1. The highest BCUT2D eigenvalue weighted by atomic mass is 32.2. The molecule has 1 N–H and O–H groups in total. The smallest absolute Gasteiger partial charge is 0.336 e. The van der Waals surface area contributed by atoms with Gasteiger partial charge in [0.15, 0.2) is 15.7 Å². The van der Waals surface area contributed by atoms with E-state index < -0.39 is 23.3 Å². The number of benzene rings is 2. The second kappa shape index (κ2) is 13.8. The SMILES string of the molecule is CCOP(=O)(Cc1cnc(NC(=O)c2cc(Oc3ccc(S(C)(=O)=O)cc3)cc(O[C@@H](C)COC)c2)cn1)OC. The number of nitrogens with zero attached hydrogens (tertiary/aromatic N) is 2. The van der Waals surface area contributed by atoms with Gasteiger partial charge in [0.1, 0.15) is 23.4 Å². The Balaban J connectivity index is 1.81. The Labute approximate surface area is 233 Å². The predicted octanol–water partition coefficient (Wildman–Crippen LogP) is 4.71. The van der Waals surface area contributed by atoms with Crippen LogP contribution < -0.4 is 14.8 Å². The third-order valence-electron chi connectivity index (χ3n) is 5.27. The second-order valence-corrected chi connectivity index (χ2v) is 12.8. The number of hydrogen-bond donors (Lipinski definition) is 1. The van der Waals surface area contributed by atoms with Crippen LogP contribution in [0.15, 0.2) is 59.8 Å². The molecule has 3 rings (SSSR count). The van der Waals surface area contributed by atoms with E-state index in [2.05, 4.69) is 15.3 Å². The number of nitrogens with one attached hydrogen (secondary N) is 1. The van der Waals surface area contributed by atoms with Crippen LogP contribution in [0.5, 0.6) is 17.2 Å². The molecule has 40 heavy (non-hydrogen) atoms. The first-order chi connectivity index (χ1) is 18.9. The molecule has 0 saturated heterocycles. The van der Waals surface area contributed by atoms with E-state index in [1.807, 2.05) is 6.92 Å². The highest BCUT2D eigenvalue weighted by molar-refractivity contribution is 7.90. The summed E-state index contributed by atoms with van der Waals surface area (Å²) in [6.45, 7) is 4.06. The van der Waals surface area contributed by atoms with Crippen LogP contribution in [-0.4, -0.2) is 64.1 Å². The Morgan fingerprint density at radius 2 is 1.73 bits per heavy atom. The molecular weight excluding hydrogens is 561 g/mol. The standard InChI is InChI=1S/C26H32N3O9PS/c1-6-36-39(31,35-4)17-20-14-28-25(15-27-20)29-26(30)19-11-22(37-18(2)16-34-3)13-23(12-19)38-21-7-9-24(10-8-21)40(5,32)33/h7-15,18H,6,16-17H2,1-5H3,(H,28,29,30)/t18-,39?/m0/s1. The number of ether oxygens (including phenoxy) is 3. The number of carbonyl (C=O) groups is 1. The Morgan fingerprint density at radius 1 is 1.02 bits per heavy atom. The number of amides is 1. The van der Waals surface area contributed by atoms with Gasteiger partial charge in [0.05, 0.1) is 42.4 Å². The lowest BCUT2D eigenvalue weighted by molar-refractivity contribution is 0.0915. The topological polar surface area (TPSA) is 152 Å². The Morgan fingerprint density at radius 3 is 2.30 bits per heavy atom. The van der Waals surface area contributed by atoms with Crippen molar-refractivity contribution in [2.45, 2.75) is 31.0 Å². The maximum Gasteiger partial charge on any atom is 0.336 e. The van der Waals surface area contributed by atoms with Crippen molar-refractivity contribution in [1.82, 2.24) is 9.97 Å². The normalized spacial score (nSPS) is 13.7. The van der Waals surface area contributed by atoms with Gasteiger partial charge in [-0.05, 0) is 50.2 Å². The number of hydrogen-bond acceptors (Lipinski definition) is 11. The van der Waals surface area contributed by atoms with Crippen LogP contribution in [0.1, 0.15) is 29.9 Å². The van der Waals surface area contributed by atoms with Gasteiger partial charge in [-0.2, -0.15) is 0 Å². The fourth-order valence-electron chi connectivity index (χ4n) is 3.47. The first-order valence-corrected chi connectivity index (χ1v) is 15.8. The summed E-state index contributed by atoms with van der Waals surface area (Å²) >= 11 is 0. The van der Waals surface area contributed by atoms with E-state index in [0.29, 0.717) is 23.8 Å². The van der Waals surface area contributed by atoms with Crippen molar-refractivity contribution >= 4 is 29.2 Å². The molecule has 0 aliphatic rings. The molecule has 1 unspecified atom stereocenters. The van der Waals surface area contributed by atoms with E-state index >= 15 is 0 Å². The van der Waals surface area contributed by atoms with Gasteiger partial charge in [0, 0.05) is 32.1 Å². The number of rotatable bonds is 14. The van der Waals surface area contributed by atoms with Crippen molar-refractivity contribution in [3.63, 3.8) is 0 Å². The van der Waals surface area contributed by atoms with Gasteiger partial charge in [0.2, 0.25) is 0 Å². The zero-order valence-electron chi connectivity index (χ0n) is 22.8. The lowest BCUT2D eigenvalue weighted by Gasteiger charge is -2.16. The number of sulfone groups is 1. The Kier molecular flexibility index (Phi) is 10.8. The molecule has 0 bridgehead atoms. The monoisotopic (exact) mass is 593 g/mol. The average Bonchev–Trinajstić information content (AvgIpc) is 2.89. The van der Waals surface area contributed by atoms with Gasteiger partial charge in [-0.15, -0.1) is 0 Å². The van der Waals surface area contributed by atoms with Crippen molar-refractivity contribution < 1.29 is 41.0 Å². The van der Waals surface area contributed by atoms with E-state index in [0.717, 1.165) is 6.26 Å². The molecule has 0 spiro atoms. The maximum atomic E-state index is 13.1. The molecule has 0 fully saturated rings. The van der Waals surface area contributed by atoms with Crippen LogP contribution in [-0.2, 0) is 34.3 Å².